The normalized spacial score (nSPS) is 24.5. The fourth-order valence-corrected chi connectivity index (χ4v) is 4.10. The molecular formula is C21H27F2N5O3. The van der Waals surface area contributed by atoms with Crippen molar-refractivity contribution in [3.05, 3.63) is 47.5 Å². The van der Waals surface area contributed by atoms with Crippen LogP contribution in [-0.2, 0) is 22.6 Å². The molecule has 2 aliphatic rings. The first kappa shape index (κ1) is 21.6. The summed E-state index contributed by atoms with van der Waals surface area (Å²) in [5.41, 5.74) is -0.604. The molecule has 31 heavy (non-hydrogen) atoms. The van der Waals surface area contributed by atoms with Crippen molar-refractivity contribution in [2.75, 3.05) is 13.2 Å². The highest BCUT2D eigenvalue weighted by Crippen LogP contribution is 2.33. The van der Waals surface area contributed by atoms with Gasteiger partial charge >= 0.3 is 6.09 Å². The third-order valence-corrected chi connectivity index (χ3v) is 5.51. The summed E-state index contributed by atoms with van der Waals surface area (Å²) in [4.78, 5) is 14.7. The second kappa shape index (κ2) is 8.51. The van der Waals surface area contributed by atoms with E-state index in [0.717, 1.165) is 37.1 Å². The summed E-state index contributed by atoms with van der Waals surface area (Å²) in [6.45, 7) is 7.75. The van der Waals surface area contributed by atoms with Crippen LogP contribution in [-0.4, -0.2) is 56.6 Å². The van der Waals surface area contributed by atoms with E-state index in [1.54, 1.807) is 27.1 Å². The summed E-state index contributed by atoms with van der Waals surface area (Å²) < 4.78 is 41.7. The summed E-state index contributed by atoms with van der Waals surface area (Å²) in [6.07, 6.45) is 0.753. The molecule has 1 aromatic heterocycles. The van der Waals surface area contributed by atoms with E-state index in [1.165, 1.54) is 0 Å². The van der Waals surface area contributed by atoms with Crippen LogP contribution in [0.15, 0.2) is 24.5 Å². The number of nitrogens with one attached hydrogen (secondary N) is 1. The number of alkyl carbamates (subject to hydrolysis) is 1. The van der Waals surface area contributed by atoms with Crippen LogP contribution < -0.4 is 5.32 Å². The van der Waals surface area contributed by atoms with Gasteiger partial charge in [-0.25, -0.2) is 13.6 Å². The maximum atomic E-state index is 14.5. The Morgan fingerprint density at radius 2 is 2.10 bits per heavy atom. The Morgan fingerprint density at radius 1 is 1.29 bits per heavy atom. The van der Waals surface area contributed by atoms with Crippen molar-refractivity contribution in [2.45, 2.75) is 64.1 Å². The predicted molar refractivity (Wildman–Crippen MR) is 107 cm³/mol. The zero-order valence-electron chi connectivity index (χ0n) is 17.8. The minimum absolute atomic E-state index is 0.0294. The van der Waals surface area contributed by atoms with E-state index < -0.39 is 35.5 Å². The molecule has 0 aliphatic carbocycles. The van der Waals surface area contributed by atoms with Crippen LogP contribution in [0.1, 0.15) is 44.7 Å². The number of ether oxygens (including phenoxy) is 2. The van der Waals surface area contributed by atoms with Gasteiger partial charge in [0.1, 0.15) is 35.5 Å². The topological polar surface area (TPSA) is 81.5 Å². The molecule has 0 saturated carbocycles. The average Bonchev–Trinajstić information content (AvgIpc) is 3.16. The van der Waals surface area contributed by atoms with Gasteiger partial charge in [-0.15, -0.1) is 10.2 Å². The van der Waals surface area contributed by atoms with Gasteiger partial charge in [-0.3, -0.25) is 4.90 Å². The number of hydrogen-bond donors (Lipinski definition) is 1. The molecule has 4 rings (SSSR count). The molecule has 0 spiro atoms. The maximum absolute atomic E-state index is 14.5. The highest BCUT2D eigenvalue weighted by molar-refractivity contribution is 5.68. The zero-order valence-corrected chi connectivity index (χ0v) is 17.8. The average molecular weight is 435 g/mol. The van der Waals surface area contributed by atoms with Crippen molar-refractivity contribution in [1.29, 1.82) is 0 Å². The highest BCUT2D eigenvalue weighted by atomic mass is 19.1. The maximum Gasteiger partial charge on any atom is 0.407 e. The number of benzene rings is 1. The SMILES string of the molecule is CC(C)(C)OC(=O)N[C@H]1C[C@@H](N2CCn3cnnc3C2)CO[C@@H]1c1cc(F)ccc1F. The van der Waals surface area contributed by atoms with Crippen LogP contribution in [0.25, 0.3) is 0 Å². The number of nitrogens with zero attached hydrogens (tertiary/aromatic N) is 4. The summed E-state index contributed by atoms with van der Waals surface area (Å²) in [6, 6.07) is 2.63. The molecule has 3 heterocycles. The van der Waals surface area contributed by atoms with E-state index in [-0.39, 0.29) is 11.6 Å². The van der Waals surface area contributed by atoms with E-state index in [1.807, 2.05) is 4.57 Å². The van der Waals surface area contributed by atoms with Gasteiger partial charge in [-0.2, -0.15) is 0 Å². The third kappa shape index (κ3) is 5.01. The smallest absolute Gasteiger partial charge is 0.407 e. The van der Waals surface area contributed by atoms with E-state index in [0.29, 0.717) is 19.6 Å². The minimum atomic E-state index is -0.826. The summed E-state index contributed by atoms with van der Waals surface area (Å²) in [5, 5.41) is 10.9. The van der Waals surface area contributed by atoms with Crippen molar-refractivity contribution in [3.63, 3.8) is 0 Å². The number of carbonyl (C=O) groups is 1. The van der Waals surface area contributed by atoms with Crippen molar-refractivity contribution < 1.29 is 23.0 Å². The van der Waals surface area contributed by atoms with E-state index >= 15 is 0 Å². The molecule has 2 aliphatic heterocycles. The molecule has 0 bridgehead atoms. The molecule has 3 atom stereocenters. The lowest BCUT2D eigenvalue weighted by molar-refractivity contribution is -0.0665. The van der Waals surface area contributed by atoms with Gasteiger partial charge in [-0.1, -0.05) is 0 Å². The van der Waals surface area contributed by atoms with Gasteiger partial charge in [0.15, 0.2) is 0 Å². The lowest BCUT2D eigenvalue weighted by Crippen LogP contribution is -2.54. The third-order valence-electron chi connectivity index (χ3n) is 5.51. The number of rotatable bonds is 3. The molecule has 8 nitrogen and oxygen atoms in total. The molecule has 1 aromatic carbocycles. The number of carbonyl (C=O) groups excluding carboxylic acids is 1. The zero-order chi connectivity index (χ0) is 22.2. The molecule has 1 fully saturated rings. The Hall–Kier alpha value is -2.59. The van der Waals surface area contributed by atoms with Gasteiger partial charge in [0.25, 0.3) is 0 Å². The fourth-order valence-electron chi connectivity index (χ4n) is 4.10. The molecule has 168 valence electrons. The van der Waals surface area contributed by atoms with Crippen molar-refractivity contribution in [1.82, 2.24) is 25.0 Å². The van der Waals surface area contributed by atoms with Crippen LogP contribution in [0.4, 0.5) is 13.6 Å². The summed E-state index contributed by atoms with van der Waals surface area (Å²) in [5.74, 6) is -0.276. The van der Waals surface area contributed by atoms with Gasteiger partial charge in [0.2, 0.25) is 0 Å². The summed E-state index contributed by atoms with van der Waals surface area (Å²) >= 11 is 0. The van der Waals surface area contributed by atoms with E-state index in [4.69, 9.17) is 9.47 Å². The van der Waals surface area contributed by atoms with Gasteiger partial charge in [-0.05, 0) is 45.4 Å². The first-order valence-electron chi connectivity index (χ1n) is 10.4. The van der Waals surface area contributed by atoms with E-state index in [2.05, 4.69) is 20.4 Å². The highest BCUT2D eigenvalue weighted by Gasteiger charge is 2.39. The monoisotopic (exact) mass is 435 g/mol. The van der Waals surface area contributed by atoms with Gasteiger partial charge < -0.3 is 19.4 Å². The number of fused-ring (bicyclic) bond motifs is 1. The predicted octanol–water partition coefficient (Wildman–Crippen LogP) is 2.80. The number of aromatic nitrogens is 3. The van der Waals surface area contributed by atoms with Crippen LogP contribution in [0, 0.1) is 11.6 Å². The summed E-state index contributed by atoms with van der Waals surface area (Å²) in [7, 11) is 0. The molecule has 1 saturated heterocycles. The number of amides is 1. The Kier molecular flexibility index (Phi) is 5.94. The fraction of sp³-hybridized carbons (Fsp3) is 0.571. The van der Waals surface area contributed by atoms with Crippen LogP contribution >= 0.6 is 0 Å². The van der Waals surface area contributed by atoms with Crippen LogP contribution in [0.3, 0.4) is 0 Å². The Morgan fingerprint density at radius 3 is 2.87 bits per heavy atom. The van der Waals surface area contributed by atoms with Gasteiger partial charge in [0, 0.05) is 24.7 Å². The molecule has 10 heteroatoms. The molecule has 2 aromatic rings. The van der Waals surface area contributed by atoms with Crippen molar-refractivity contribution in [2.24, 2.45) is 0 Å². The molecule has 0 unspecified atom stereocenters. The lowest BCUT2D eigenvalue weighted by atomic mass is 9.92. The Balaban J connectivity index is 1.54. The molecule has 1 amide bonds. The lowest BCUT2D eigenvalue weighted by Gasteiger charge is -2.42. The first-order valence-corrected chi connectivity index (χ1v) is 10.4. The van der Waals surface area contributed by atoms with Crippen LogP contribution in [0.2, 0.25) is 0 Å². The Labute approximate surface area is 179 Å². The van der Waals surface area contributed by atoms with Gasteiger partial charge in [0.05, 0.1) is 19.2 Å². The molecule has 1 N–H and O–H groups in total. The molecule has 0 radical (unpaired) electrons. The van der Waals surface area contributed by atoms with Crippen molar-refractivity contribution in [3.8, 4) is 0 Å². The standard InChI is InChI=1S/C21H27F2N5O3/c1-21(2,3)31-20(29)25-17-9-14(27-6-7-28-12-24-26-18(28)10-27)11-30-19(17)15-8-13(22)4-5-16(15)23/h4-5,8,12,14,17,19H,6-7,9-11H2,1-3H3,(H,25,29)/t14-,17+,19-/m1/s1. The first-order chi connectivity index (χ1) is 14.7. The number of hydrogen-bond acceptors (Lipinski definition) is 6. The Bertz CT molecular complexity index is 945. The van der Waals surface area contributed by atoms with Crippen molar-refractivity contribution >= 4 is 6.09 Å². The quantitative estimate of drug-likeness (QED) is 0.799. The number of halogens is 2. The minimum Gasteiger partial charge on any atom is -0.444 e. The van der Waals surface area contributed by atoms with Crippen LogP contribution in [0.5, 0.6) is 0 Å². The second-order valence-corrected chi connectivity index (χ2v) is 8.97. The second-order valence-electron chi connectivity index (χ2n) is 8.97. The largest absolute Gasteiger partial charge is 0.444 e. The molecular weight excluding hydrogens is 408 g/mol. The van der Waals surface area contributed by atoms with E-state index in [9.17, 15) is 13.6 Å².